The van der Waals surface area contributed by atoms with Crippen molar-refractivity contribution in [2.75, 3.05) is 0 Å². The van der Waals surface area contributed by atoms with E-state index in [-0.39, 0.29) is 5.76 Å². The summed E-state index contributed by atoms with van der Waals surface area (Å²) in [5, 5.41) is 2.42. The van der Waals surface area contributed by atoms with Gasteiger partial charge in [0.2, 0.25) is 10.0 Å². The van der Waals surface area contributed by atoms with Crippen LogP contribution in [0.15, 0.2) is 47.1 Å². The summed E-state index contributed by atoms with van der Waals surface area (Å²) in [6.07, 6.45) is 0.782. The number of ether oxygens (including phenoxy) is 1. The van der Waals surface area contributed by atoms with E-state index in [0.717, 1.165) is 0 Å². The van der Waals surface area contributed by atoms with Crippen molar-refractivity contribution >= 4 is 47.0 Å². The first-order valence-corrected chi connectivity index (χ1v) is 7.16. The van der Waals surface area contributed by atoms with Crippen LogP contribution in [0.2, 0.25) is 0 Å². The fraction of sp³-hybridized carbons (Fsp3) is 0.143. The molecule has 1 heterocycles. The molecule has 0 bridgehead atoms. The van der Waals surface area contributed by atoms with Crippen molar-refractivity contribution in [1.29, 1.82) is 0 Å². The summed E-state index contributed by atoms with van der Waals surface area (Å²) in [5.74, 6) is -0.216. The number of benzene rings is 1. The van der Waals surface area contributed by atoms with Crippen molar-refractivity contribution in [2.45, 2.75) is 10.0 Å². The molecule has 1 aromatic heterocycles. The largest absolute Gasteiger partial charge is 0.466 e. The summed E-state index contributed by atoms with van der Waals surface area (Å²) < 4.78 is 8.50. The van der Waals surface area contributed by atoms with Gasteiger partial charge in [0.15, 0.2) is 5.76 Å². The quantitative estimate of drug-likeness (QED) is 0.501. The van der Waals surface area contributed by atoms with Gasteiger partial charge < -0.3 is 14.5 Å². The maximum absolute atomic E-state index is 11.9. The van der Waals surface area contributed by atoms with Crippen molar-refractivity contribution in [3.05, 3.63) is 54.0 Å². The van der Waals surface area contributed by atoms with Crippen LogP contribution >= 0.6 is 34.8 Å². The molecule has 0 saturated carbocycles. The molecule has 1 unspecified atom stereocenters. The first-order valence-electron chi connectivity index (χ1n) is 6.03. The van der Waals surface area contributed by atoms with Gasteiger partial charge in [0.05, 0.1) is 6.26 Å². The second kappa shape index (κ2) is 7.05. The summed E-state index contributed by atoms with van der Waals surface area (Å²) in [6.45, 7) is 0. The van der Waals surface area contributed by atoms with E-state index in [1.165, 1.54) is 36.6 Å². The first kappa shape index (κ1) is 16.7. The molecule has 116 valence electrons. The Balaban J connectivity index is 2.12. The van der Waals surface area contributed by atoms with Crippen LogP contribution in [0.4, 0.5) is 0 Å². The van der Waals surface area contributed by atoms with Crippen LogP contribution in [0.3, 0.4) is 0 Å². The summed E-state index contributed by atoms with van der Waals surface area (Å²) in [7, 11) is 0. The Morgan fingerprint density at radius 3 is 2.41 bits per heavy atom. The molecule has 1 aromatic carbocycles. The number of carbonyl (C=O) groups excluding carboxylic acids is 2. The third-order valence-corrected chi connectivity index (χ3v) is 3.17. The molecule has 0 spiro atoms. The smallest absolute Gasteiger partial charge is 0.289 e. The van der Waals surface area contributed by atoms with E-state index in [4.69, 9.17) is 44.0 Å². The first-order chi connectivity index (χ1) is 10.4. The minimum Gasteiger partial charge on any atom is -0.466 e. The Morgan fingerprint density at radius 2 is 1.91 bits per heavy atom. The predicted octanol–water partition coefficient (Wildman–Crippen LogP) is 3.60. The van der Waals surface area contributed by atoms with Crippen molar-refractivity contribution in [1.82, 2.24) is 5.32 Å². The minimum atomic E-state index is -1.91. The van der Waals surface area contributed by atoms with E-state index in [2.05, 4.69) is 5.32 Å². The van der Waals surface area contributed by atoms with E-state index in [1.807, 2.05) is 0 Å². The van der Waals surface area contributed by atoms with Gasteiger partial charge in [0.25, 0.3) is 5.91 Å². The van der Waals surface area contributed by atoms with Gasteiger partial charge in [-0.2, -0.15) is 0 Å². The normalized spacial score (nSPS) is 12.5. The molecule has 5 nitrogen and oxygen atoms in total. The average molecular weight is 363 g/mol. The van der Waals surface area contributed by atoms with Crippen molar-refractivity contribution in [3.63, 3.8) is 0 Å². The Labute approximate surface area is 141 Å². The number of hydrogen-bond acceptors (Lipinski definition) is 4. The summed E-state index contributed by atoms with van der Waals surface area (Å²) in [5.41, 5.74) is 0.470. The lowest BCUT2D eigenvalue weighted by Gasteiger charge is -2.25. The molecule has 0 saturated heterocycles. The number of furan rings is 1. The fourth-order valence-corrected chi connectivity index (χ4v) is 1.83. The second-order valence-corrected chi connectivity index (χ2v) is 6.55. The van der Waals surface area contributed by atoms with Crippen LogP contribution in [-0.4, -0.2) is 22.2 Å². The maximum Gasteiger partial charge on any atom is 0.289 e. The van der Waals surface area contributed by atoms with Gasteiger partial charge in [-0.05, 0) is 36.4 Å². The Bertz CT molecular complexity index is 635. The summed E-state index contributed by atoms with van der Waals surface area (Å²) in [4.78, 5) is 22.6. The Kier molecular flexibility index (Phi) is 5.34. The van der Waals surface area contributed by atoms with Gasteiger partial charge in [-0.1, -0.05) is 34.8 Å². The van der Waals surface area contributed by atoms with Crippen LogP contribution in [-0.2, 0) is 0 Å². The number of aldehydes is 1. The number of halogens is 3. The SMILES string of the molecule is O=Cc1ccc(OC(NC(=O)c2ccco2)C(Cl)(Cl)Cl)cc1. The fourth-order valence-electron chi connectivity index (χ4n) is 1.54. The zero-order valence-corrected chi connectivity index (χ0v) is 13.2. The highest BCUT2D eigenvalue weighted by Gasteiger charge is 2.36. The number of amides is 1. The molecule has 2 aromatic rings. The van der Waals surface area contributed by atoms with E-state index in [1.54, 1.807) is 6.07 Å². The molecular weight excluding hydrogens is 353 g/mol. The number of nitrogens with one attached hydrogen (secondary N) is 1. The van der Waals surface area contributed by atoms with Crippen LogP contribution < -0.4 is 10.1 Å². The van der Waals surface area contributed by atoms with E-state index < -0.39 is 15.9 Å². The van der Waals surface area contributed by atoms with Crippen molar-refractivity contribution < 1.29 is 18.7 Å². The van der Waals surface area contributed by atoms with E-state index in [9.17, 15) is 9.59 Å². The van der Waals surface area contributed by atoms with Gasteiger partial charge in [-0.15, -0.1) is 0 Å². The average Bonchev–Trinajstić information content (AvgIpc) is 3.00. The standard InChI is InChI=1S/C14H10Cl3NO4/c15-14(16,17)13(18-12(20)11-2-1-7-21-11)22-10-5-3-9(8-19)4-6-10/h1-8,13H,(H,18,20). The molecule has 1 atom stereocenters. The van der Waals surface area contributed by atoms with Gasteiger partial charge in [-0.3, -0.25) is 9.59 Å². The predicted molar refractivity (Wildman–Crippen MR) is 82.7 cm³/mol. The third kappa shape index (κ3) is 4.40. The number of alkyl halides is 3. The van der Waals surface area contributed by atoms with Crippen LogP contribution in [0.1, 0.15) is 20.9 Å². The van der Waals surface area contributed by atoms with Crippen molar-refractivity contribution in [3.8, 4) is 5.75 Å². The molecule has 0 aliphatic carbocycles. The van der Waals surface area contributed by atoms with Crippen molar-refractivity contribution in [2.24, 2.45) is 0 Å². The Hall–Kier alpha value is -1.69. The van der Waals surface area contributed by atoms with Gasteiger partial charge in [-0.25, -0.2) is 0 Å². The monoisotopic (exact) mass is 361 g/mol. The highest BCUT2D eigenvalue weighted by Crippen LogP contribution is 2.32. The highest BCUT2D eigenvalue weighted by atomic mass is 35.6. The minimum absolute atomic E-state index is 0.0548. The molecule has 0 aliphatic rings. The van der Waals surface area contributed by atoms with Crippen LogP contribution in [0.5, 0.6) is 5.75 Å². The van der Waals surface area contributed by atoms with Gasteiger partial charge >= 0.3 is 0 Å². The van der Waals surface area contributed by atoms with Gasteiger partial charge in [0.1, 0.15) is 12.0 Å². The van der Waals surface area contributed by atoms with Gasteiger partial charge in [0, 0.05) is 5.56 Å². The molecule has 8 heteroatoms. The molecular formula is C14H10Cl3NO4. The molecule has 0 radical (unpaired) electrons. The molecule has 0 aliphatic heterocycles. The maximum atomic E-state index is 11.9. The lowest BCUT2D eigenvalue weighted by molar-refractivity contribution is 0.0805. The highest BCUT2D eigenvalue weighted by molar-refractivity contribution is 6.68. The summed E-state index contributed by atoms with van der Waals surface area (Å²) >= 11 is 17.5. The zero-order valence-electron chi connectivity index (χ0n) is 11.0. The molecule has 22 heavy (non-hydrogen) atoms. The second-order valence-electron chi connectivity index (χ2n) is 4.18. The third-order valence-electron chi connectivity index (χ3n) is 2.57. The lowest BCUT2D eigenvalue weighted by Crippen LogP contribution is -2.47. The van der Waals surface area contributed by atoms with Crippen LogP contribution in [0.25, 0.3) is 0 Å². The summed E-state index contributed by atoms with van der Waals surface area (Å²) in [6, 6.07) is 9.12. The topological polar surface area (TPSA) is 68.5 Å². The van der Waals surface area contributed by atoms with E-state index >= 15 is 0 Å². The molecule has 0 fully saturated rings. The van der Waals surface area contributed by atoms with E-state index in [0.29, 0.717) is 17.6 Å². The number of hydrogen-bond donors (Lipinski definition) is 1. The molecule has 2 rings (SSSR count). The Morgan fingerprint density at radius 1 is 1.23 bits per heavy atom. The van der Waals surface area contributed by atoms with Crippen LogP contribution in [0, 0.1) is 0 Å². The molecule has 1 N–H and O–H groups in total. The zero-order chi connectivity index (χ0) is 16.2. The number of rotatable bonds is 5. The number of carbonyl (C=O) groups is 2. The lowest BCUT2D eigenvalue weighted by atomic mass is 10.2. The molecule has 1 amide bonds.